The van der Waals surface area contributed by atoms with E-state index in [1.54, 1.807) is 0 Å². The zero-order chi connectivity index (χ0) is 17.3. The molecular weight excluding hydrogens is 428 g/mol. The summed E-state index contributed by atoms with van der Waals surface area (Å²) in [5.41, 5.74) is 1.91. The van der Waals surface area contributed by atoms with Crippen LogP contribution in [0.15, 0.2) is 46.9 Å². The number of fused-ring (bicyclic) bond motifs is 1. The lowest BCUT2D eigenvalue weighted by atomic mass is 10.2. The number of anilines is 1. The predicted molar refractivity (Wildman–Crippen MR) is 109 cm³/mol. The molecule has 0 unspecified atom stereocenters. The van der Waals surface area contributed by atoms with Crippen LogP contribution < -0.4 is 10.6 Å². The summed E-state index contributed by atoms with van der Waals surface area (Å²) in [5, 5.41) is 7.22. The van der Waals surface area contributed by atoms with Crippen molar-refractivity contribution in [3.05, 3.63) is 62.4 Å². The van der Waals surface area contributed by atoms with Crippen molar-refractivity contribution >= 4 is 77.9 Å². The summed E-state index contributed by atoms with van der Waals surface area (Å²) in [4.78, 5) is 12.9. The molecule has 0 fully saturated rings. The molecule has 3 aromatic rings. The number of aryl methyl sites for hydroxylation is 1. The van der Waals surface area contributed by atoms with E-state index in [1.807, 2.05) is 49.4 Å². The first-order valence-electron chi connectivity index (χ1n) is 7.01. The van der Waals surface area contributed by atoms with Crippen LogP contribution in [-0.2, 0) is 0 Å². The molecule has 24 heavy (non-hydrogen) atoms. The number of carbonyl (C=O) groups excluding carboxylic acids is 1. The van der Waals surface area contributed by atoms with Gasteiger partial charge < -0.3 is 5.32 Å². The van der Waals surface area contributed by atoms with Crippen LogP contribution in [0.25, 0.3) is 10.1 Å². The number of amides is 1. The molecule has 0 spiro atoms. The van der Waals surface area contributed by atoms with E-state index in [0.717, 1.165) is 25.8 Å². The van der Waals surface area contributed by atoms with Crippen LogP contribution in [0.5, 0.6) is 0 Å². The first kappa shape index (κ1) is 17.4. The average molecular weight is 440 g/mol. The summed E-state index contributed by atoms with van der Waals surface area (Å²) in [6, 6.07) is 13.5. The van der Waals surface area contributed by atoms with Gasteiger partial charge in [0.05, 0.1) is 10.7 Å². The van der Waals surface area contributed by atoms with Gasteiger partial charge in [-0.1, -0.05) is 35.9 Å². The number of benzene rings is 2. The van der Waals surface area contributed by atoms with Crippen LogP contribution in [0.4, 0.5) is 5.69 Å². The molecule has 0 aliphatic carbocycles. The Balaban J connectivity index is 1.76. The lowest BCUT2D eigenvalue weighted by molar-refractivity contribution is 0.0982. The summed E-state index contributed by atoms with van der Waals surface area (Å²) in [7, 11) is 0. The maximum atomic E-state index is 12.5. The Kier molecular flexibility index (Phi) is 5.20. The molecule has 0 aliphatic rings. The van der Waals surface area contributed by atoms with Gasteiger partial charge in [-0.25, -0.2) is 0 Å². The van der Waals surface area contributed by atoms with Crippen molar-refractivity contribution in [3.63, 3.8) is 0 Å². The molecule has 1 aromatic heterocycles. The molecule has 3 rings (SSSR count). The third-order valence-electron chi connectivity index (χ3n) is 3.34. The SMILES string of the molecule is Cc1ccc(NC(=S)NC(=O)c2sc3ccccc3c2Cl)c(Br)c1. The predicted octanol–water partition coefficient (Wildman–Crippen LogP) is 5.75. The molecule has 0 saturated carbocycles. The molecule has 0 atom stereocenters. The van der Waals surface area contributed by atoms with E-state index in [4.69, 9.17) is 23.8 Å². The standard InChI is InChI=1S/C17H12BrClN2OS2/c1-9-6-7-12(11(18)8-9)20-17(23)21-16(22)15-14(19)10-4-2-3-5-13(10)24-15/h2-8H,1H3,(H2,20,21,22,23). The molecule has 0 radical (unpaired) electrons. The lowest BCUT2D eigenvalue weighted by Crippen LogP contribution is -2.33. The van der Waals surface area contributed by atoms with Crippen molar-refractivity contribution in [1.29, 1.82) is 0 Å². The van der Waals surface area contributed by atoms with Crippen molar-refractivity contribution in [2.75, 3.05) is 5.32 Å². The minimum absolute atomic E-state index is 0.220. The summed E-state index contributed by atoms with van der Waals surface area (Å²) < 4.78 is 1.84. The van der Waals surface area contributed by atoms with Crippen molar-refractivity contribution < 1.29 is 4.79 Å². The molecule has 0 saturated heterocycles. The molecule has 1 heterocycles. The monoisotopic (exact) mass is 438 g/mol. The fraction of sp³-hybridized carbons (Fsp3) is 0.0588. The van der Waals surface area contributed by atoms with E-state index in [1.165, 1.54) is 11.3 Å². The summed E-state index contributed by atoms with van der Waals surface area (Å²) in [6.07, 6.45) is 0. The highest BCUT2D eigenvalue weighted by molar-refractivity contribution is 9.10. The smallest absolute Gasteiger partial charge is 0.269 e. The van der Waals surface area contributed by atoms with Crippen molar-refractivity contribution in [1.82, 2.24) is 5.32 Å². The molecule has 2 N–H and O–H groups in total. The molecular formula is C17H12BrClN2OS2. The highest BCUT2D eigenvalue weighted by atomic mass is 79.9. The van der Waals surface area contributed by atoms with E-state index in [0.29, 0.717) is 9.90 Å². The third kappa shape index (κ3) is 3.62. The van der Waals surface area contributed by atoms with E-state index in [9.17, 15) is 4.79 Å². The van der Waals surface area contributed by atoms with Gasteiger partial charge in [-0.3, -0.25) is 10.1 Å². The summed E-state index contributed by atoms with van der Waals surface area (Å²) in [6.45, 7) is 2.00. The Morgan fingerprint density at radius 2 is 2.00 bits per heavy atom. The Morgan fingerprint density at radius 1 is 1.25 bits per heavy atom. The maximum Gasteiger partial charge on any atom is 0.269 e. The van der Waals surface area contributed by atoms with Gasteiger partial charge in [0.15, 0.2) is 5.11 Å². The minimum atomic E-state index is -0.318. The first-order valence-corrected chi connectivity index (χ1v) is 9.41. The van der Waals surface area contributed by atoms with Crippen molar-refractivity contribution in [2.45, 2.75) is 6.92 Å². The van der Waals surface area contributed by atoms with Crippen LogP contribution in [-0.4, -0.2) is 11.0 Å². The van der Waals surface area contributed by atoms with Gasteiger partial charge >= 0.3 is 0 Å². The number of nitrogens with one attached hydrogen (secondary N) is 2. The summed E-state index contributed by atoms with van der Waals surface area (Å²) in [5.74, 6) is -0.318. The third-order valence-corrected chi connectivity index (χ3v) is 5.88. The topological polar surface area (TPSA) is 41.1 Å². The molecule has 0 aliphatic heterocycles. The number of hydrogen-bond acceptors (Lipinski definition) is 3. The van der Waals surface area contributed by atoms with Crippen molar-refractivity contribution in [3.8, 4) is 0 Å². The molecule has 122 valence electrons. The first-order chi connectivity index (χ1) is 11.5. The molecule has 0 bridgehead atoms. The second-order valence-electron chi connectivity index (χ2n) is 5.13. The molecule has 7 heteroatoms. The van der Waals surface area contributed by atoms with Crippen LogP contribution in [0.2, 0.25) is 5.02 Å². The molecule has 1 amide bonds. The Labute approximate surface area is 162 Å². The zero-order valence-electron chi connectivity index (χ0n) is 12.5. The fourth-order valence-electron chi connectivity index (χ4n) is 2.20. The Hall–Kier alpha value is -1.47. The maximum absolute atomic E-state index is 12.5. The highest BCUT2D eigenvalue weighted by Gasteiger charge is 2.18. The number of carbonyl (C=O) groups is 1. The Morgan fingerprint density at radius 3 is 2.71 bits per heavy atom. The van der Waals surface area contributed by atoms with Crippen LogP contribution in [0.3, 0.4) is 0 Å². The van der Waals surface area contributed by atoms with Gasteiger partial charge in [-0.15, -0.1) is 11.3 Å². The summed E-state index contributed by atoms with van der Waals surface area (Å²) >= 11 is 16.4. The van der Waals surface area contributed by atoms with Crippen molar-refractivity contribution in [2.24, 2.45) is 0 Å². The number of halogens is 2. The quantitative estimate of drug-likeness (QED) is 0.499. The highest BCUT2D eigenvalue weighted by Crippen LogP contribution is 2.35. The zero-order valence-corrected chi connectivity index (χ0v) is 16.5. The number of thiocarbonyl (C=S) groups is 1. The van der Waals surface area contributed by atoms with Gasteiger partial charge in [-0.2, -0.15) is 0 Å². The van der Waals surface area contributed by atoms with E-state index >= 15 is 0 Å². The number of hydrogen-bond donors (Lipinski definition) is 2. The minimum Gasteiger partial charge on any atom is -0.331 e. The van der Waals surface area contributed by atoms with E-state index < -0.39 is 0 Å². The second-order valence-corrected chi connectivity index (χ2v) is 7.83. The van der Waals surface area contributed by atoms with Gasteiger partial charge in [-0.05, 0) is 58.8 Å². The van der Waals surface area contributed by atoms with Gasteiger partial charge in [0.1, 0.15) is 4.88 Å². The van der Waals surface area contributed by atoms with E-state index in [-0.39, 0.29) is 11.0 Å². The van der Waals surface area contributed by atoms with Crippen LogP contribution in [0.1, 0.15) is 15.2 Å². The lowest BCUT2D eigenvalue weighted by Gasteiger charge is -2.11. The molecule has 2 aromatic carbocycles. The largest absolute Gasteiger partial charge is 0.331 e. The fourth-order valence-corrected chi connectivity index (χ4v) is 4.40. The Bertz CT molecular complexity index is 955. The van der Waals surface area contributed by atoms with Gasteiger partial charge in [0, 0.05) is 14.6 Å². The van der Waals surface area contributed by atoms with E-state index in [2.05, 4.69) is 26.6 Å². The van der Waals surface area contributed by atoms with Gasteiger partial charge in [0.2, 0.25) is 0 Å². The van der Waals surface area contributed by atoms with Crippen LogP contribution >= 0.6 is 51.1 Å². The van der Waals surface area contributed by atoms with Crippen LogP contribution in [0, 0.1) is 6.92 Å². The van der Waals surface area contributed by atoms with Gasteiger partial charge in [0.25, 0.3) is 5.91 Å². The molecule has 3 nitrogen and oxygen atoms in total. The average Bonchev–Trinajstić information content (AvgIpc) is 2.88. The second kappa shape index (κ2) is 7.19. The number of thiophene rings is 1. The number of rotatable bonds is 2. The normalized spacial score (nSPS) is 10.6.